The number of ether oxygens (including phenoxy) is 1. The third-order valence-corrected chi connectivity index (χ3v) is 3.78. The van der Waals surface area contributed by atoms with E-state index in [0.29, 0.717) is 0 Å². The van der Waals surface area contributed by atoms with E-state index in [0.717, 1.165) is 24.7 Å². The van der Waals surface area contributed by atoms with Gasteiger partial charge in [-0.1, -0.05) is 51.2 Å². The Bertz CT molecular complexity index is 338. The normalized spacial score (nSPS) is 10.7. The van der Waals surface area contributed by atoms with Crippen LogP contribution in [0.1, 0.15) is 63.9 Å². The summed E-state index contributed by atoms with van der Waals surface area (Å²) in [5, 5.41) is 0. The van der Waals surface area contributed by atoms with Crippen LogP contribution in [0.5, 0.6) is 5.75 Å². The number of benzene rings is 1. The van der Waals surface area contributed by atoms with E-state index in [-0.39, 0.29) is 0 Å². The van der Waals surface area contributed by atoms with Crippen LogP contribution in [-0.2, 0) is 6.42 Å². The lowest BCUT2D eigenvalue weighted by molar-refractivity contribution is 0.309. The third kappa shape index (κ3) is 8.47. The maximum atomic E-state index is 5.75. The SMILES string of the molecule is CCCCOc1cccc(CCCCCCCCCl)c1. The lowest BCUT2D eigenvalue weighted by Gasteiger charge is -2.07. The highest BCUT2D eigenvalue weighted by atomic mass is 35.5. The summed E-state index contributed by atoms with van der Waals surface area (Å²) in [7, 11) is 0. The molecule has 0 radical (unpaired) electrons. The van der Waals surface area contributed by atoms with Gasteiger partial charge >= 0.3 is 0 Å². The fourth-order valence-electron chi connectivity index (χ4n) is 2.26. The van der Waals surface area contributed by atoms with Gasteiger partial charge in [-0.3, -0.25) is 0 Å². The first kappa shape index (κ1) is 17.4. The second-order valence-electron chi connectivity index (χ2n) is 5.41. The topological polar surface area (TPSA) is 9.23 Å². The minimum absolute atomic E-state index is 0.810. The van der Waals surface area contributed by atoms with Crippen molar-refractivity contribution in [2.24, 2.45) is 0 Å². The maximum absolute atomic E-state index is 5.75. The van der Waals surface area contributed by atoms with Gasteiger partial charge in [-0.2, -0.15) is 0 Å². The van der Waals surface area contributed by atoms with E-state index in [1.165, 1.54) is 56.9 Å². The molecule has 0 bridgehead atoms. The Morgan fingerprint density at radius 1 is 0.950 bits per heavy atom. The first-order chi connectivity index (χ1) is 9.86. The molecule has 0 aliphatic heterocycles. The third-order valence-electron chi connectivity index (χ3n) is 3.51. The zero-order valence-electron chi connectivity index (χ0n) is 12.9. The Morgan fingerprint density at radius 3 is 2.45 bits per heavy atom. The maximum Gasteiger partial charge on any atom is 0.119 e. The summed E-state index contributed by atoms with van der Waals surface area (Å²) < 4.78 is 5.75. The lowest BCUT2D eigenvalue weighted by atomic mass is 10.0. The molecule has 0 heterocycles. The molecule has 2 heteroatoms. The van der Waals surface area contributed by atoms with E-state index < -0.39 is 0 Å². The molecule has 114 valence electrons. The number of aryl methyl sites for hydroxylation is 1. The van der Waals surface area contributed by atoms with E-state index in [9.17, 15) is 0 Å². The average molecular weight is 297 g/mol. The Morgan fingerprint density at radius 2 is 1.70 bits per heavy atom. The van der Waals surface area contributed by atoms with Crippen molar-refractivity contribution in [2.75, 3.05) is 12.5 Å². The van der Waals surface area contributed by atoms with Gasteiger partial charge in [0.25, 0.3) is 0 Å². The predicted octanol–water partition coefficient (Wildman–Crippen LogP) is 5.99. The predicted molar refractivity (Wildman–Crippen MR) is 89.0 cm³/mol. The molecule has 1 rings (SSSR count). The fraction of sp³-hybridized carbons (Fsp3) is 0.667. The Hall–Kier alpha value is -0.690. The van der Waals surface area contributed by atoms with Crippen LogP contribution in [0.15, 0.2) is 24.3 Å². The van der Waals surface area contributed by atoms with E-state index in [1.807, 2.05) is 0 Å². The van der Waals surface area contributed by atoms with Gasteiger partial charge in [0.15, 0.2) is 0 Å². The van der Waals surface area contributed by atoms with Crippen LogP contribution < -0.4 is 4.74 Å². The van der Waals surface area contributed by atoms with Gasteiger partial charge in [-0.25, -0.2) is 0 Å². The number of hydrogen-bond donors (Lipinski definition) is 0. The zero-order chi connectivity index (χ0) is 14.5. The van der Waals surface area contributed by atoms with Crippen molar-refractivity contribution < 1.29 is 4.74 Å². The van der Waals surface area contributed by atoms with E-state index in [4.69, 9.17) is 16.3 Å². The van der Waals surface area contributed by atoms with Gasteiger partial charge in [0.2, 0.25) is 0 Å². The summed E-state index contributed by atoms with van der Waals surface area (Å²) in [5.41, 5.74) is 1.40. The second kappa shape index (κ2) is 12.1. The molecule has 0 aliphatic rings. The average Bonchev–Trinajstić information content (AvgIpc) is 2.47. The first-order valence-electron chi connectivity index (χ1n) is 8.14. The lowest BCUT2D eigenvalue weighted by Crippen LogP contribution is -1.97. The van der Waals surface area contributed by atoms with Crippen molar-refractivity contribution in [2.45, 2.75) is 64.7 Å². The zero-order valence-corrected chi connectivity index (χ0v) is 13.6. The summed E-state index contributed by atoms with van der Waals surface area (Å²) in [6.45, 7) is 3.02. The van der Waals surface area contributed by atoms with Crippen molar-refractivity contribution in [1.82, 2.24) is 0 Å². The highest BCUT2D eigenvalue weighted by molar-refractivity contribution is 6.17. The molecule has 0 spiro atoms. The monoisotopic (exact) mass is 296 g/mol. The highest BCUT2D eigenvalue weighted by Gasteiger charge is 1.98. The highest BCUT2D eigenvalue weighted by Crippen LogP contribution is 2.16. The minimum Gasteiger partial charge on any atom is -0.494 e. The quantitative estimate of drug-likeness (QED) is 0.340. The largest absolute Gasteiger partial charge is 0.494 e. The minimum atomic E-state index is 0.810. The van der Waals surface area contributed by atoms with Crippen molar-refractivity contribution >= 4 is 11.6 Å². The summed E-state index contributed by atoms with van der Waals surface area (Å²) in [6, 6.07) is 8.58. The molecule has 0 aliphatic carbocycles. The molecule has 1 aromatic carbocycles. The summed E-state index contributed by atoms with van der Waals surface area (Å²) in [5.74, 6) is 1.84. The standard InChI is InChI=1S/C18H29ClO/c1-2-3-15-20-18-13-10-12-17(16-18)11-8-6-4-5-7-9-14-19/h10,12-13,16H,2-9,11,14-15H2,1H3. The van der Waals surface area contributed by atoms with E-state index in [1.54, 1.807) is 0 Å². The molecule has 20 heavy (non-hydrogen) atoms. The fourth-order valence-corrected chi connectivity index (χ4v) is 2.44. The summed E-state index contributed by atoms with van der Waals surface area (Å²) in [6.07, 6.45) is 11.2. The van der Waals surface area contributed by atoms with Crippen molar-refractivity contribution in [3.8, 4) is 5.75 Å². The van der Waals surface area contributed by atoms with Gasteiger partial charge in [-0.05, 0) is 43.4 Å². The Balaban J connectivity index is 2.14. The molecule has 0 atom stereocenters. The summed E-state index contributed by atoms with van der Waals surface area (Å²) in [4.78, 5) is 0. The molecule has 0 saturated carbocycles. The molecule has 0 aromatic heterocycles. The van der Waals surface area contributed by atoms with Crippen LogP contribution in [0.2, 0.25) is 0 Å². The van der Waals surface area contributed by atoms with Gasteiger partial charge < -0.3 is 4.74 Å². The van der Waals surface area contributed by atoms with E-state index in [2.05, 4.69) is 31.2 Å². The van der Waals surface area contributed by atoms with Gasteiger partial charge in [-0.15, -0.1) is 11.6 Å². The molecule has 0 N–H and O–H groups in total. The van der Waals surface area contributed by atoms with Gasteiger partial charge in [0.1, 0.15) is 5.75 Å². The number of unbranched alkanes of at least 4 members (excludes halogenated alkanes) is 6. The van der Waals surface area contributed by atoms with Crippen LogP contribution in [0.25, 0.3) is 0 Å². The molecule has 0 amide bonds. The second-order valence-corrected chi connectivity index (χ2v) is 5.79. The van der Waals surface area contributed by atoms with Crippen LogP contribution in [0.3, 0.4) is 0 Å². The van der Waals surface area contributed by atoms with Crippen LogP contribution in [0, 0.1) is 0 Å². The van der Waals surface area contributed by atoms with Crippen molar-refractivity contribution in [3.63, 3.8) is 0 Å². The molecule has 1 aromatic rings. The number of rotatable bonds is 12. The van der Waals surface area contributed by atoms with Crippen molar-refractivity contribution in [3.05, 3.63) is 29.8 Å². The molecule has 0 saturated heterocycles. The summed E-state index contributed by atoms with van der Waals surface area (Å²) >= 11 is 5.67. The van der Waals surface area contributed by atoms with E-state index >= 15 is 0 Å². The molecular formula is C18H29ClO. The van der Waals surface area contributed by atoms with Gasteiger partial charge in [0, 0.05) is 5.88 Å². The van der Waals surface area contributed by atoms with Crippen LogP contribution in [0.4, 0.5) is 0 Å². The first-order valence-corrected chi connectivity index (χ1v) is 8.68. The van der Waals surface area contributed by atoms with Gasteiger partial charge in [0.05, 0.1) is 6.61 Å². The van der Waals surface area contributed by atoms with Crippen LogP contribution in [-0.4, -0.2) is 12.5 Å². The number of hydrogen-bond acceptors (Lipinski definition) is 1. The Labute approximate surface area is 129 Å². The molecular weight excluding hydrogens is 268 g/mol. The molecule has 1 nitrogen and oxygen atoms in total. The van der Waals surface area contributed by atoms with Crippen LogP contribution >= 0.6 is 11.6 Å². The molecule has 0 unspecified atom stereocenters. The smallest absolute Gasteiger partial charge is 0.119 e. The molecule has 0 fully saturated rings. The number of alkyl halides is 1. The number of halogens is 1. The van der Waals surface area contributed by atoms with Crippen molar-refractivity contribution in [1.29, 1.82) is 0 Å². The Kier molecular flexibility index (Phi) is 10.5.